The van der Waals surface area contributed by atoms with E-state index < -0.39 is 12.2 Å². The Kier molecular flexibility index (Phi) is 5.68. The number of halogens is 2. The normalized spacial score (nSPS) is 13.6. The van der Waals surface area contributed by atoms with Crippen LogP contribution in [-0.4, -0.2) is 24.2 Å². The van der Waals surface area contributed by atoms with Crippen LogP contribution in [0.15, 0.2) is 41.1 Å². The summed E-state index contributed by atoms with van der Waals surface area (Å²) in [6.07, 6.45) is 0.0919. The van der Waals surface area contributed by atoms with Gasteiger partial charge in [-0.05, 0) is 47.0 Å². The second kappa shape index (κ2) is 7.52. The highest BCUT2D eigenvalue weighted by atomic mass is 32.1. The first kappa shape index (κ1) is 17.4. The van der Waals surface area contributed by atoms with Crippen molar-refractivity contribution in [3.63, 3.8) is 0 Å². The van der Waals surface area contributed by atoms with E-state index in [0.717, 1.165) is 5.56 Å². The summed E-state index contributed by atoms with van der Waals surface area (Å²) in [6.45, 7) is -1.15. The molecule has 23 heavy (non-hydrogen) atoms. The van der Waals surface area contributed by atoms with Crippen molar-refractivity contribution in [1.82, 2.24) is 5.32 Å². The number of hydrogen-bond acceptors (Lipinski definition) is 4. The zero-order chi connectivity index (χ0) is 16.9. The summed E-state index contributed by atoms with van der Waals surface area (Å²) < 4.78 is 28.3. The smallest absolute Gasteiger partial charge is 0.387 e. The van der Waals surface area contributed by atoms with Crippen LogP contribution < -0.4 is 10.1 Å². The third kappa shape index (κ3) is 5.30. The summed E-state index contributed by atoms with van der Waals surface area (Å²) in [5.74, 6) is -0.215. The first-order chi connectivity index (χ1) is 10.9. The molecule has 2 aromatic rings. The SMILES string of the molecule is CC(O)(CNC(=O)Cc1ccc(OC(F)F)cc1)c1ccsc1. The van der Waals surface area contributed by atoms with Gasteiger partial charge in [0, 0.05) is 0 Å². The molecule has 2 rings (SSSR count). The summed E-state index contributed by atoms with van der Waals surface area (Å²) in [6, 6.07) is 7.67. The zero-order valence-electron chi connectivity index (χ0n) is 12.5. The number of ether oxygens (including phenoxy) is 1. The van der Waals surface area contributed by atoms with E-state index in [-0.39, 0.29) is 24.6 Å². The maximum Gasteiger partial charge on any atom is 0.387 e. The number of aliphatic hydroxyl groups is 1. The fraction of sp³-hybridized carbons (Fsp3) is 0.312. The Hall–Kier alpha value is -1.99. The Labute approximate surface area is 136 Å². The van der Waals surface area contributed by atoms with Crippen LogP contribution in [0.25, 0.3) is 0 Å². The Morgan fingerprint density at radius 2 is 2.04 bits per heavy atom. The lowest BCUT2D eigenvalue weighted by Crippen LogP contribution is -2.39. The van der Waals surface area contributed by atoms with E-state index >= 15 is 0 Å². The second-order valence-electron chi connectivity index (χ2n) is 5.26. The van der Waals surface area contributed by atoms with Crippen LogP contribution in [0.1, 0.15) is 18.1 Å². The van der Waals surface area contributed by atoms with Crippen LogP contribution in [0.2, 0.25) is 0 Å². The molecule has 0 aliphatic rings. The lowest BCUT2D eigenvalue weighted by molar-refractivity contribution is -0.121. The van der Waals surface area contributed by atoms with Crippen LogP contribution >= 0.6 is 11.3 Å². The predicted molar refractivity (Wildman–Crippen MR) is 83.7 cm³/mol. The fourth-order valence-corrected chi connectivity index (χ4v) is 2.76. The molecule has 7 heteroatoms. The number of carbonyl (C=O) groups excluding carboxylic acids is 1. The van der Waals surface area contributed by atoms with Gasteiger partial charge in [-0.15, -0.1) is 0 Å². The highest BCUT2D eigenvalue weighted by molar-refractivity contribution is 7.08. The average Bonchev–Trinajstić information content (AvgIpc) is 3.02. The number of nitrogens with one attached hydrogen (secondary N) is 1. The number of thiophene rings is 1. The molecule has 0 fully saturated rings. The molecule has 0 spiro atoms. The van der Waals surface area contributed by atoms with Gasteiger partial charge in [-0.3, -0.25) is 4.79 Å². The van der Waals surface area contributed by atoms with Crippen molar-refractivity contribution in [1.29, 1.82) is 0 Å². The Balaban J connectivity index is 1.85. The lowest BCUT2D eigenvalue weighted by Gasteiger charge is -2.22. The Bertz CT molecular complexity index is 627. The molecule has 0 saturated heterocycles. The molecule has 0 radical (unpaired) electrons. The number of alkyl halides is 2. The topological polar surface area (TPSA) is 58.6 Å². The predicted octanol–water partition coefficient (Wildman–Crippen LogP) is 2.92. The van der Waals surface area contributed by atoms with Gasteiger partial charge in [0.15, 0.2) is 0 Å². The van der Waals surface area contributed by atoms with Gasteiger partial charge in [-0.25, -0.2) is 0 Å². The van der Waals surface area contributed by atoms with Crippen LogP contribution in [-0.2, 0) is 16.8 Å². The largest absolute Gasteiger partial charge is 0.435 e. The van der Waals surface area contributed by atoms with Gasteiger partial charge < -0.3 is 15.2 Å². The van der Waals surface area contributed by atoms with E-state index in [9.17, 15) is 18.7 Å². The van der Waals surface area contributed by atoms with Gasteiger partial charge in [0.1, 0.15) is 11.4 Å². The van der Waals surface area contributed by atoms with E-state index in [1.807, 2.05) is 10.8 Å². The summed E-state index contributed by atoms with van der Waals surface area (Å²) in [5.41, 5.74) is 0.278. The minimum atomic E-state index is -2.87. The molecule has 1 atom stereocenters. The molecular weight excluding hydrogens is 324 g/mol. The molecule has 2 N–H and O–H groups in total. The molecule has 0 saturated carbocycles. The second-order valence-corrected chi connectivity index (χ2v) is 6.04. The van der Waals surface area contributed by atoms with Crippen molar-refractivity contribution >= 4 is 17.2 Å². The van der Waals surface area contributed by atoms with Gasteiger partial charge in [0.05, 0.1) is 13.0 Å². The van der Waals surface area contributed by atoms with Crippen molar-refractivity contribution in [2.75, 3.05) is 6.54 Å². The summed E-state index contributed by atoms with van der Waals surface area (Å²) in [4.78, 5) is 11.9. The molecule has 0 aliphatic carbocycles. The minimum absolute atomic E-state index is 0.0459. The number of benzene rings is 1. The van der Waals surface area contributed by atoms with E-state index in [4.69, 9.17) is 0 Å². The number of carbonyl (C=O) groups is 1. The van der Waals surface area contributed by atoms with Crippen molar-refractivity contribution in [2.24, 2.45) is 0 Å². The molecular formula is C16H17F2NO3S. The van der Waals surface area contributed by atoms with Gasteiger partial charge in [0.25, 0.3) is 0 Å². The van der Waals surface area contributed by atoms with Crippen LogP contribution in [0, 0.1) is 0 Å². The van der Waals surface area contributed by atoms with Crippen LogP contribution in [0.3, 0.4) is 0 Å². The summed E-state index contributed by atoms with van der Waals surface area (Å²) in [5, 5.41) is 16.7. The van der Waals surface area contributed by atoms with E-state index in [2.05, 4.69) is 10.1 Å². The van der Waals surface area contributed by atoms with Crippen molar-refractivity contribution in [3.05, 3.63) is 52.2 Å². The molecule has 1 unspecified atom stereocenters. The van der Waals surface area contributed by atoms with E-state index in [0.29, 0.717) is 5.56 Å². The molecule has 1 heterocycles. The highest BCUT2D eigenvalue weighted by Gasteiger charge is 2.24. The molecule has 4 nitrogen and oxygen atoms in total. The van der Waals surface area contributed by atoms with Crippen LogP contribution in [0.5, 0.6) is 5.75 Å². The highest BCUT2D eigenvalue weighted by Crippen LogP contribution is 2.22. The Morgan fingerprint density at radius 3 is 2.61 bits per heavy atom. The first-order valence-corrected chi connectivity index (χ1v) is 7.86. The van der Waals surface area contributed by atoms with E-state index in [1.54, 1.807) is 25.1 Å². The van der Waals surface area contributed by atoms with Gasteiger partial charge >= 0.3 is 6.61 Å². The molecule has 0 bridgehead atoms. The molecule has 1 aromatic heterocycles. The van der Waals surface area contributed by atoms with Crippen molar-refractivity contribution in [3.8, 4) is 5.75 Å². The van der Waals surface area contributed by atoms with E-state index in [1.165, 1.54) is 23.5 Å². The van der Waals surface area contributed by atoms with Gasteiger partial charge in [0.2, 0.25) is 5.91 Å². The quantitative estimate of drug-likeness (QED) is 0.814. The first-order valence-electron chi connectivity index (χ1n) is 6.92. The number of hydrogen-bond donors (Lipinski definition) is 2. The average molecular weight is 341 g/mol. The zero-order valence-corrected chi connectivity index (χ0v) is 13.3. The maximum absolute atomic E-state index is 12.1. The monoisotopic (exact) mass is 341 g/mol. The maximum atomic E-state index is 12.1. The summed E-state index contributed by atoms with van der Waals surface area (Å²) in [7, 11) is 0. The Morgan fingerprint density at radius 1 is 1.35 bits per heavy atom. The van der Waals surface area contributed by atoms with Gasteiger partial charge in [-0.1, -0.05) is 12.1 Å². The number of amides is 1. The third-order valence-corrected chi connectivity index (χ3v) is 3.97. The number of rotatable bonds is 7. The molecule has 1 aromatic carbocycles. The molecule has 124 valence electrons. The molecule has 0 aliphatic heterocycles. The standard InChI is InChI=1S/C16H17F2NO3S/c1-16(21,12-6-7-23-9-12)10-19-14(20)8-11-2-4-13(5-3-11)22-15(17)18/h2-7,9,15,21H,8,10H2,1H3,(H,19,20). The fourth-order valence-electron chi connectivity index (χ4n) is 1.98. The summed E-state index contributed by atoms with van der Waals surface area (Å²) >= 11 is 1.47. The third-order valence-electron chi connectivity index (χ3n) is 3.29. The molecule has 1 amide bonds. The van der Waals surface area contributed by atoms with Crippen molar-refractivity contribution < 1.29 is 23.4 Å². The lowest BCUT2D eigenvalue weighted by atomic mass is 9.99. The van der Waals surface area contributed by atoms with Gasteiger partial charge in [-0.2, -0.15) is 20.1 Å². The minimum Gasteiger partial charge on any atom is -0.435 e. The van der Waals surface area contributed by atoms with Crippen LogP contribution in [0.4, 0.5) is 8.78 Å². The van der Waals surface area contributed by atoms with Crippen molar-refractivity contribution in [2.45, 2.75) is 25.6 Å².